The van der Waals surface area contributed by atoms with Crippen LogP contribution in [-0.2, 0) is 11.3 Å². The quantitative estimate of drug-likeness (QED) is 0.348. The summed E-state index contributed by atoms with van der Waals surface area (Å²) >= 11 is 16.3. The Morgan fingerprint density at radius 1 is 1.03 bits per heavy atom. The van der Waals surface area contributed by atoms with E-state index in [2.05, 4.69) is 15.9 Å². The lowest BCUT2D eigenvalue weighted by Gasteiger charge is -2.13. The molecule has 0 atom stereocenters. The molecule has 2 heterocycles. The van der Waals surface area contributed by atoms with Crippen LogP contribution in [0.1, 0.15) is 11.3 Å². The van der Waals surface area contributed by atoms with Crippen molar-refractivity contribution in [2.24, 2.45) is 0 Å². The molecule has 4 rings (SSSR count). The van der Waals surface area contributed by atoms with Crippen molar-refractivity contribution in [2.75, 3.05) is 0 Å². The van der Waals surface area contributed by atoms with Crippen molar-refractivity contribution in [3.05, 3.63) is 85.3 Å². The first kappa shape index (κ1) is 20.3. The number of amides is 2. The van der Waals surface area contributed by atoms with Gasteiger partial charge in [0.05, 0.1) is 21.5 Å². The SMILES string of the molecule is O=C1S/C(=C\c2ccc(-c3ccc(Cl)c(Cl)c3)o2)C(=O)N1Cc1ccccc1Br. The van der Waals surface area contributed by atoms with Crippen LogP contribution in [-0.4, -0.2) is 16.0 Å². The molecule has 1 aliphatic heterocycles. The first-order chi connectivity index (χ1) is 13.9. The Hall–Kier alpha value is -1.99. The van der Waals surface area contributed by atoms with Gasteiger partial charge in [0.25, 0.3) is 11.1 Å². The number of imide groups is 1. The fourth-order valence-electron chi connectivity index (χ4n) is 2.80. The molecule has 2 aromatic carbocycles. The first-order valence-electron chi connectivity index (χ1n) is 8.46. The second kappa shape index (κ2) is 8.40. The van der Waals surface area contributed by atoms with Gasteiger partial charge in [0.1, 0.15) is 11.5 Å². The molecule has 0 spiro atoms. The molecule has 0 bridgehead atoms. The van der Waals surface area contributed by atoms with Crippen LogP contribution in [0.15, 0.2) is 68.4 Å². The number of nitrogens with zero attached hydrogens (tertiary/aromatic N) is 1. The maximum Gasteiger partial charge on any atom is 0.293 e. The van der Waals surface area contributed by atoms with Crippen LogP contribution in [0.3, 0.4) is 0 Å². The van der Waals surface area contributed by atoms with E-state index >= 15 is 0 Å². The molecular weight excluding hydrogens is 497 g/mol. The van der Waals surface area contributed by atoms with Gasteiger partial charge in [0, 0.05) is 16.1 Å². The zero-order valence-electron chi connectivity index (χ0n) is 14.7. The van der Waals surface area contributed by atoms with E-state index in [1.807, 2.05) is 24.3 Å². The molecule has 3 aromatic rings. The fraction of sp³-hybridized carbons (Fsp3) is 0.0476. The maximum atomic E-state index is 12.7. The number of hydrogen-bond acceptors (Lipinski definition) is 4. The summed E-state index contributed by atoms with van der Waals surface area (Å²) in [6, 6.07) is 16.2. The zero-order valence-corrected chi connectivity index (χ0v) is 18.6. The van der Waals surface area contributed by atoms with Crippen molar-refractivity contribution in [2.45, 2.75) is 6.54 Å². The van der Waals surface area contributed by atoms with Crippen LogP contribution in [0.5, 0.6) is 0 Å². The second-order valence-electron chi connectivity index (χ2n) is 6.19. The first-order valence-corrected chi connectivity index (χ1v) is 10.8. The van der Waals surface area contributed by atoms with Crippen LogP contribution >= 0.6 is 50.9 Å². The van der Waals surface area contributed by atoms with E-state index in [4.69, 9.17) is 27.6 Å². The highest BCUT2D eigenvalue weighted by Gasteiger charge is 2.35. The molecule has 0 N–H and O–H groups in total. The molecule has 0 unspecified atom stereocenters. The minimum atomic E-state index is -0.344. The van der Waals surface area contributed by atoms with Crippen LogP contribution in [0.2, 0.25) is 10.0 Å². The van der Waals surface area contributed by atoms with Gasteiger partial charge < -0.3 is 4.42 Å². The summed E-state index contributed by atoms with van der Waals surface area (Å²) in [4.78, 5) is 26.6. The zero-order chi connectivity index (χ0) is 20.5. The molecule has 4 nitrogen and oxygen atoms in total. The van der Waals surface area contributed by atoms with E-state index < -0.39 is 0 Å². The van der Waals surface area contributed by atoms with Crippen molar-refractivity contribution in [1.29, 1.82) is 0 Å². The lowest BCUT2D eigenvalue weighted by atomic mass is 10.2. The number of hydrogen-bond donors (Lipinski definition) is 0. The summed E-state index contributed by atoms with van der Waals surface area (Å²) in [6.45, 7) is 0.204. The average Bonchev–Trinajstić information content (AvgIpc) is 3.26. The molecule has 1 fully saturated rings. The molecule has 146 valence electrons. The van der Waals surface area contributed by atoms with Gasteiger partial charge in [-0.05, 0) is 53.7 Å². The highest BCUT2D eigenvalue weighted by molar-refractivity contribution is 9.10. The highest BCUT2D eigenvalue weighted by atomic mass is 79.9. The summed E-state index contributed by atoms with van der Waals surface area (Å²) in [5.41, 5.74) is 1.62. The topological polar surface area (TPSA) is 50.5 Å². The number of carbonyl (C=O) groups is 2. The Balaban J connectivity index is 1.55. The predicted octanol–water partition coefficient (Wildman–Crippen LogP) is 7.25. The number of carbonyl (C=O) groups excluding carboxylic acids is 2. The smallest absolute Gasteiger partial charge is 0.293 e. The summed E-state index contributed by atoms with van der Waals surface area (Å²) in [7, 11) is 0. The summed E-state index contributed by atoms with van der Waals surface area (Å²) < 4.78 is 6.65. The Kier molecular flexibility index (Phi) is 5.88. The standard InChI is InChI=1S/C21H12BrCl2NO3S/c22-15-4-2-1-3-13(15)11-25-20(26)19(29-21(25)27)10-14-6-8-18(28-14)12-5-7-16(23)17(24)9-12/h1-10H,11H2/b19-10-. The lowest BCUT2D eigenvalue weighted by Crippen LogP contribution is -2.27. The molecule has 0 saturated carbocycles. The summed E-state index contributed by atoms with van der Waals surface area (Å²) in [6.07, 6.45) is 1.58. The van der Waals surface area contributed by atoms with E-state index in [9.17, 15) is 9.59 Å². The number of benzene rings is 2. The Morgan fingerprint density at radius 2 is 1.83 bits per heavy atom. The molecular formula is C21H12BrCl2NO3S. The van der Waals surface area contributed by atoms with Gasteiger partial charge in [-0.15, -0.1) is 0 Å². The van der Waals surface area contributed by atoms with E-state index in [1.165, 1.54) is 4.90 Å². The third kappa shape index (κ3) is 4.31. The van der Waals surface area contributed by atoms with Gasteiger partial charge in [0.15, 0.2) is 0 Å². The fourth-order valence-corrected chi connectivity index (χ4v) is 4.32. The van der Waals surface area contributed by atoms with Crippen molar-refractivity contribution < 1.29 is 14.0 Å². The Labute approximate surface area is 189 Å². The van der Waals surface area contributed by atoms with Gasteiger partial charge >= 0.3 is 0 Å². The average molecular weight is 509 g/mol. The maximum absolute atomic E-state index is 12.7. The van der Waals surface area contributed by atoms with Crippen molar-refractivity contribution in [3.8, 4) is 11.3 Å². The van der Waals surface area contributed by atoms with Crippen LogP contribution in [0.4, 0.5) is 4.79 Å². The summed E-state index contributed by atoms with van der Waals surface area (Å²) in [5.74, 6) is 0.711. The van der Waals surface area contributed by atoms with Gasteiger partial charge in [-0.3, -0.25) is 14.5 Å². The van der Waals surface area contributed by atoms with Crippen LogP contribution < -0.4 is 0 Å². The number of rotatable bonds is 4. The molecule has 29 heavy (non-hydrogen) atoms. The normalized spacial score (nSPS) is 15.6. The van der Waals surface area contributed by atoms with E-state index in [1.54, 1.807) is 36.4 Å². The van der Waals surface area contributed by atoms with Crippen molar-refractivity contribution >= 4 is 68.1 Å². The molecule has 1 aromatic heterocycles. The van der Waals surface area contributed by atoms with E-state index in [0.717, 1.165) is 27.4 Å². The Morgan fingerprint density at radius 3 is 2.59 bits per heavy atom. The minimum Gasteiger partial charge on any atom is -0.457 e. The third-order valence-corrected chi connectivity index (χ3v) is 6.68. The van der Waals surface area contributed by atoms with Crippen molar-refractivity contribution in [3.63, 3.8) is 0 Å². The van der Waals surface area contributed by atoms with Gasteiger partial charge in [0.2, 0.25) is 0 Å². The molecule has 2 amide bonds. The minimum absolute atomic E-state index is 0.204. The van der Waals surface area contributed by atoms with E-state index in [0.29, 0.717) is 26.5 Å². The van der Waals surface area contributed by atoms with Gasteiger partial charge in [-0.2, -0.15) is 0 Å². The number of furan rings is 1. The largest absolute Gasteiger partial charge is 0.457 e. The lowest BCUT2D eigenvalue weighted by molar-refractivity contribution is -0.123. The van der Waals surface area contributed by atoms with E-state index in [-0.39, 0.29) is 17.7 Å². The Bertz CT molecular complexity index is 1160. The summed E-state index contributed by atoms with van der Waals surface area (Å²) in [5, 5.41) is 0.574. The monoisotopic (exact) mass is 507 g/mol. The van der Waals surface area contributed by atoms with Gasteiger partial charge in [-0.1, -0.05) is 57.3 Å². The van der Waals surface area contributed by atoms with Crippen LogP contribution in [0, 0.1) is 0 Å². The number of thioether (sulfide) groups is 1. The van der Waals surface area contributed by atoms with Crippen LogP contribution in [0.25, 0.3) is 17.4 Å². The molecule has 8 heteroatoms. The molecule has 0 radical (unpaired) electrons. The number of halogens is 3. The molecule has 1 aliphatic rings. The van der Waals surface area contributed by atoms with Crippen molar-refractivity contribution in [1.82, 2.24) is 4.90 Å². The van der Waals surface area contributed by atoms with Gasteiger partial charge in [-0.25, -0.2) is 0 Å². The molecule has 0 aliphatic carbocycles. The molecule has 1 saturated heterocycles. The predicted molar refractivity (Wildman–Crippen MR) is 120 cm³/mol. The highest BCUT2D eigenvalue weighted by Crippen LogP contribution is 2.35. The second-order valence-corrected chi connectivity index (χ2v) is 8.85. The third-order valence-electron chi connectivity index (χ3n) is 4.26.